The van der Waals surface area contributed by atoms with Gasteiger partial charge in [-0.05, 0) is 63.8 Å². The van der Waals surface area contributed by atoms with Crippen molar-refractivity contribution in [2.45, 2.75) is 25.8 Å². The number of carbonyl (C=O) groups is 2. The van der Waals surface area contributed by atoms with E-state index in [0.29, 0.717) is 62.0 Å². The predicted molar refractivity (Wildman–Crippen MR) is 152 cm³/mol. The Morgan fingerprint density at radius 3 is 2.82 bits per heavy atom. The van der Waals surface area contributed by atoms with Gasteiger partial charge in [-0.1, -0.05) is 0 Å². The normalized spacial score (nSPS) is 15.9. The van der Waals surface area contributed by atoms with Gasteiger partial charge < -0.3 is 40.9 Å². The van der Waals surface area contributed by atoms with E-state index < -0.39 is 5.97 Å². The van der Waals surface area contributed by atoms with E-state index in [9.17, 15) is 9.59 Å². The molecule has 12 nitrogen and oxygen atoms in total. The quantitative estimate of drug-likeness (QED) is 0.178. The molecule has 1 saturated heterocycles. The minimum Gasteiger partial charge on any atom is -0.481 e. The third-order valence-electron chi connectivity index (χ3n) is 6.67. The molecule has 1 fully saturated rings. The zero-order chi connectivity index (χ0) is 27.6. The van der Waals surface area contributed by atoms with Crippen molar-refractivity contribution in [3.05, 3.63) is 41.9 Å². The smallest absolute Gasteiger partial charge is 0.303 e. The molecule has 4 rings (SSSR count). The number of ether oxygens (including phenoxy) is 1. The van der Waals surface area contributed by atoms with Crippen LogP contribution in [0.4, 0.5) is 23.0 Å². The molecule has 0 bridgehead atoms. The van der Waals surface area contributed by atoms with E-state index >= 15 is 0 Å². The van der Waals surface area contributed by atoms with E-state index in [1.807, 2.05) is 20.2 Å². The highest BCUT2D eigenvalue weighted by Crippen LogP contribution is 2.35. The van der Waals surface area contributed by atoms with Crippen molar-refractivity contribution < 1.29 is 19.4 Å². The molecule has 0 saturated carbocycles. The Kier molecular flexibility index (Phi) is 10.1. The first kappa shape index (κ1) is 28.3. The van der Waals surface area contributed by atoms with Crippen molar-refractivity contribution in [1.29, 1.82) is 0 Å². The van der Waals surface area contributed by atoms with E-state index in [1.165, 1.54) is 6.33 Å². The molecule has 1 aromatic carbocycles. The van der Waals surface area contributed by atoms with Crippen molar-refractivity contribution in [2.24, 2.45) is 0 Å². The third-order valence-corrected chi connectivity index (χ3v) is 6.67. The van der Waals surface area contributed by atoms with Crippen molar-refractivity contribution in [1.82, 2.24) is 20.2 Å². The van der Waals surface area contributed by atoms with Gasteiger partial charge in [0.25, 0.3) is 5.91 Å². The van der Waals surface area contributed by atoms with Gasteiger partial charge in [-0.25, -0.2) is 9.97 Å². The fourth-order valence-corrected chi connectivity index (χ4v) is 4.71. The van der Waals surface area contributed by atoms with E-state index in [2.05, 4.69) is 53.2 Å². The lowest BCUT2D eigenvalue weighted by Gasteiger charge is -2.32. The van der Waals surface area contributed by atoms with Gasteiger partial charge in [0.1, 0.15) is 18.0 Å². The second-order valence-electron chi connectivity index (χ2n) is 9.66. The van der Waals surface area contributed by atoms with Crippen LogP contribution in [0, 0.1) is 0 Å². The number of morpholine rings is 1. The van der Waals surface area contributed by atoms with Crippen LogP contribution in [0.1, 0.15) is 30.4 Å². The highest BCUT2D eigenvalue weighted by Gasteiger charge is 2.29. The summed E-state index contributed by atoms with van der Waals surface area (Å²) >= 11 is 0. The van der Waals surface area contributed by atoms with Crippen molar-refractivity contribution >= 4 is 40.5 Å². The van der Waals surface area contributed by atoms with Crippen LogP contribution in [-0.2, 0) is 20.9 Å². The summed E-state index contributed by atoms with van der Waals surface area (Å²) in [6.45, 7) is 5.92. The molecule has 0 radical (unpaired) electrons. The number of nitrogens with zero attached hydrogens (tertiary/aromatic N) is 4. The average Bonchev–Trinajstić information content (AvgIpc) is 3.25. The van der Waals surface area contributed by atoms with Crippen LogP contribution in [0.2, 0.25) is 0 Å². The Balaban J connectivity index is 1.54. The second kappa shape index (κ2) is 13.9. The molecule has 210 valence electrons. The molecule has 12 heteroatoms. The van der Waals surface area contributed by atoms with Crippen LogP contribution in [0.5, 0.6) is 0 Å². The number of hydrogen-bond donors (Lipinski definition) is 5. The fourth-order valence-electron chi connectivity index (χ4n) is 4.71. The second-order valence-corrected chi connectivity index (χ2v) is 9.66. The SMILES string of the molecule is CNCCCNc1ncnc2c1/C(=C/Nc1ccc(N3CCOCC3)c(CN(C)CCCC(=O)O)c1)C(=O)N2. The van der Waals surface area contributed by atoms with E-state index in [4.69, 9.17) is 9.84 Å². The number of carboxylic acids is 1. The Hall–Kier alpha value is -3.74. The first-order chi connectivity index (χ1) is 19.0. The number of nitrogens with one attached hydrogen (secondary N) is 4. The summed E-state index contributed by atoms with van der Waals surface area (Å²) in [5.74, 6) is 0.0924. The number of benzene rings is 1. The summed E-state index contributed by atoms with van der Waals surface area (Å²) in [6, 6.07) is 6.18. The lowest BCUT2D eigenvalue weighted by Crippen LogP contribution is -2.37. The molecule has 2 aliphatic heterocycles. The first-order valence-electron chi connectivity index (χ1n) is 13.3. The molecule has 0 spiro atoms. The zero-order valence-corrected chi connectivity index (χ0v) is 22.6. The molecular weight excluding hydrogens is 500 g/mol. The molecule has 2 aromatic rings. The van der Waals surface area contributed by atoms with E-state index in [0.717, 1.165) is 43.0 Å². The van der Waals surface area contributed by atoms with Crippen LogP contribution >= 0.6 is 0 Å². The largest absolute Gasteiger partial charge is 0.481 e. The molecule has 39 heavy (non-hydrogen) atoms. The Bertz CT molecular complexity index is 1180. The number of anilines is 4. The minimum atomic E-state index is -0.782. The summed E-state index contributed by atoms with van der Waals surface area (Å²) in [4.78, 5) is 36.8. The summed E-state index contributed by atoms with van der Waals surface area (Å²) in [7, 11) is 3.91. The Morgan fingerprint density at radius 1 is 1.23 bits per heavy atom. The van der Waals surface area contributed by atoms with Gasteiger partial charge in [0, 0.05) is 50.2 Å². The summed E-state index contributed by atoms with van der Waals surface area (Å²) in [6.07, 6.45) is 4.80. The van der Waals surface area contributed by atoms with Crippen LogP contribution in [0.25, 0.3) is 5.57 Å². The van der Waals surface area contributed by atoms with E-state index in [1.54, 1.807) is 6.20 Å². The lowest BCUT2D eigenvalue weighted by atomic mass is 10.1. The molecule has 3 heterocycles. The molecule has 0 unspecified atom stereocenters. The van der Waals surface area contributed by atoms with Crippen molar-refractivity contribution in [3.63, 3.8) is 0 Å². The van der Waals surface area contributed by atoms with Crippen LogP contribution in [0.15, 0.2) is 30.7 Å². The van der Waals surface area contributed by atoms with Gasteiger partial charge in [0.15, 0.2) is 0 Å². The highest BCUT2D eigenvalue weighted by atomic mass is 16.5. The number of rotatable bonds is 14. The number of amides is 1. The maximum Gasteiger partial charge on any atom is 0.303 e. The van der Waals surface area contributed by atoms with Gasteiger partial charge in [0.05, 0.1) is 24.4 Å². The number of aliphatic carboxylic acids is 1. The third kappa shape index (κ3) is 7.65. The highest BCUT2D eigenvalue weighted by molar-refractivity contribution is 6.32. The molecule has 0 atom stereocenters. The molecule has 5 N–H and O–H groups in total. The molecule has 1 amide bonds. The maximum atomic E-state index is 12.8. The summed E-state index contributed by atoms with van der Waals surface area (Å²) in [5.41, 5.74) is 4.21. The Morgan fingerprint density at radius 2 is 2.05 bits per heavy atom. The minimum absolute atomic E-state index is 0.148. The first-order valence-corrected chi connectivity index (χ1v) is 13.3. The molecule has 1 aromatic heterocycles. The number of fused-ring (bicyclic) bond motifs is 1. The van der Waals surface area contributed by atoms with Crippen LogP contribution in [0.3, 0.4) is 0 Å². The van der Waals surface area contributed by atoms with Crippen molar-refractivity contribution in [3.8, 4) is 0 Å². The van der Waals surface area contributed by atoms with Gasteiger partial charge in [-0.2, -0.15) is 0 Å². The average molecular weight is 539 g/mol. The summed E-state index contributed by atoms with van der Waals surface area (Å²) < 4.78 is 5.54. The summed E-state index contributed by atoms with van der Waals surface area (Å²) in [5, 5.41) is 21.6. The predicted octanol–water partition coefficient (Wildman–Crippen LogP) is 2.04. The maximum absolute atomic E-state index is 12.8. The van der Waals surface area contributed by atoms with Gasteiger partial charge >= 0.3 is 5.97 Å². The van der Waals surface area contributed by atoms with Crippen molar-refractivity contribution in [2.75, 3.05) is 80.9 Å². The van der Waals surface area contributed by atoms with E-state index in [-0.39, 0.29) is 12.3 Å². The lowest BCUT2D eigenvalue weighted by molar-refractivity contribution is -0.137. The number of carbonyl (C=O) groups excluding carboxylic acids is 1. The topological polar surface area (TPSA) is 144 Å². The fraction of sp³-hybridized carbons (Fsp3) is 0.481. The standard InChI is InChI=1S/C27H38N8O4/c1-28-8-4-9-29-25-24-21(27(38)33-26(24)32-18-31-25)16-30-20-6-7-22(35-11-13-39-14-12-35)19(15-20)17-34(2)10-3-5-23(36)37/h6-7,15-16,18,28,30H,3-5,8-14,17H2,1-2H3,(H,36,37)(H2,29,31,32,33,38)/b21-16-. The molecule has 0 aliphatic carbocycles. The van der Waals surface area contributed by atoms with Crippen LogP contribution < -0.4 is 26.2 Å². The molecular formula is C27H38N8O4. The number of hydrogen-bond acceptors (Lipinski definition) is 10. The number of carboxylic acid groups (broad SMARTS) is 1. The van der Waals surface area contributed by atoms with Gasteiger partial charge in [-0.15, -0.1) is 0 Å². The number of aromatic nitrogens is 2. The van der Waals surface area contributed by atoms with Gasteiger partial charge in [0.2, 0.25) is 0 Å². The van der Waals surface area contributed by atoms with Gasteiger partial charge in [-0.3, -0.25) is 9.59 Å². The monoisotopic (exact) mass is 538 g/mol. The Labute approximate surface area is 228 Å². The molecule has 2 aliphatic rings. The van der Waals surface area contributed by atoms with Crippen LogP contribution in [-0.4, -0.2) is 91.9 Å². The zero-order valence-electron chi connectivity index (χ0n) is 22.6.